The van der Waals surface area contributed by atoms with Crippen molar-refractivity contribution in [1.29, 1.82) is 0 Å². The van der Waals surface area contributed by atoms with Gasteiger partial charge in [-0.2, -0.15) is 4.31 Å². The van der Waals surface area contributed by atoms with Gasteiger partial charge in [0.1, 0.15) is 0 Å². The van der Waals surface area contributed by atoms with Gasteiger partial charge in [-0.25, -0.2) is 13.2 Å². The van der Waals surface area contributed by atoms with Gasteiger partial charge in [-0.05, 0) is 55.0 Å². The van der Waals surface area contributed by atoms with E-state index >= 15 is 0 Å². The maximum atomic E-state index is 12.8. The molecule has 0 amide bonds. The first-order chi connectivity index (χ1) is 12.5. The lowest BCUT2D eigenvalue weighted by atomic mass is 9.91. The minimum atomic E-state index is -3.53. The van der Waals surface area contributed by atoms with Gasteiger partial charge in [0.25, 0.3) is 0 Å². The van der Waals surface area contributed by atoms with Gasteiger partial charge in [-0.3, -0.25) is 0 Å². The van der Waals surface area contributed by atoms with Crippen LogP contribution in [0.3, 0.4) is 0 Å². The highest BCUT2D eigenvalue weighted by Gasteiger charge is 2.29. The average Bonchev–Trinajstić information content (AvgIpc) is 2.68. The fourth-order valence-corrected chi connectivity index (χ4v) is 4.80. The van der Waals surface area contributed by atoms with E-state index in [0.717, 1.165) is 19.3 Å². The molecule has 0 aromatic heterocycles. The largest absolute Gasteiger partial charge is 0.465 e. The molecule has 0 atom stereocenters. The molecule has 1 saturated heterocycles. The number of hydrogen-bond donors (Lipinski definition) is 0. The van der Waals surface area contributed by atoms with Crippen molar-refractivity contribution in [3.63, 3.8) is 0 Å². The fraction of sp³-hybridized carbons (Fsp3) is 0.350. The van der Waals surface area contributed by atoms with Crippen LogP contribution in [0.2, 0.25) is 0 Å². The topological polar surface area (TPSA) is 63.7 Å². The Morgan fingerprint density at radius 2 is 1.65 bits per heavy atom. The lowest BCUT2D eigenvalue weighted by molar-refractivity contribution is 0.0600. The van der Waals surface area contributed by atoms with E-state index in [1.165, 1.54) is 36.9 Å². The summed E-state index contributed by atoms with van der Waals surface area (Å²) in [5.41, 5.74) is 1.64. The molecule has 0 radical (unpaired) electrons. The van der Waals surface area contributed by atoms with Gasteiger partial charge in [0, 0.05) is 13.1 Å². The summed E-state index contributed by atoms with van der Waals surface area (Å²) in [6.45, 7) is 1.05. The van der Waals surface area contributed by atoms with Gasteiger partial charge in [-0.15, -0.1) is 0 Å². The smallest absolute Gasteiger partial charge is 0.337 e. The Morgan fingerprint density at radius 1 is 1.04 bits per heavy atom. The average molecular weight is 373 g/mol. The van der Waals surface area contributed by atoms with E-state index in [0.29, 0.717) is 24.6 Å². The lowest BCUT2D eigenvalue weighted by Gasteiger charge is -2.31. The molecule has 2 aromatic carbocycles. The molecular formula is C20H23NO4S. The summed E-state index contributed by atoms with van der Waals surface area (Å²) in [4.78, 5) is 11.7. The Balaban J connectivity index is 1.63. The molecule has 5 nitrogen and oxygen atoms in total. The van der Waals surface area contributed by atoms with Crippen molar-refractivity contribution in [1.82, 2.24) is 4.31 Å². The van der Waals surface area contributed by atoms with Crippen molar-refractivity contribution >= 4 is 16.0 Å². The maximum absolute atomic E-state index is 12.8. The number of carbonyl (C=O) groups is 1. The van der Waals surface area contributed by atoms with E-state index in [1.54, 1.807) is 4.31 Å². The number of benzene rings is 2. The Hall–Kier alpha value is -2.18. The first kappa shape index (κ1) is 18.6. The van der Waals surface area contributed by atoms with Crippen molar-refractivity contribution in [3.8, 4) is 0 Å². The summed E-state index contributed by atoms with van der Waals surface area (Å²) >= 11 is 0. The van der Waals surface area contributed by atoms with Crippen molar-refractivity contribution in [2.75, 3.05) is 20.2 Å². The van der Waals surface area contributed by atoms with Crippen LogP contribution in [0.25, 0.3) is 0 Å². The highest BCUT2D eigenvalue weighted by molar-refractivity contribution is 7.89. The number of piperidine rings is 1. The molecule has 1 fully saturated rings. The first-order valence-electron chi connectivity index (χ1n) is 8.73. The molecule has 3 rings (SSSR count). The Bertz CT molecular complexity index is 839. The van der Waals surface area contributed by atoms with Crippen LogP contribution in [0, 0.1) is 5.92 Å². The lowest BCUT2D eigenvalue weighted by Crippen LogP contribution is -2.38. The van der Waals surface area contributed by atoms with E-state index < -0.39 is 16.0 Å². The zero-order chi connectivity index (χ0) is 18.6. The van der Waals surface area contributed by atoms with Crippen LogP contribution >= 0.6 is 0 Å². The van der Waals surface area contributed by atoms with Crippen LogP contribution in [0.1, 0.15) is 28.8 Å². The van der Waals surface area contributed by atoms with Gasteiger partial charge in [0.15, 0.2) is 0 Å². The van der Waals surface area contributed by atoms with Crippen molar-refractivity contribution in [2.24, 2.45) is 5.92 Å². The van der Waals surface area contributed by atoms with Crippen LogP contribution in [0.15, 0.2) is 59.5 Å². The number of carbonyl (C=O) groups excluding carboxylic acids is 1. The monoisotopic (exact) mass is 373 g/mol. The van der Waals surface area contributed by atoms with Gasteiger partial charge in [0.2, 0.25) is 10.0 Å². The van der Waals surface area contributed by atoms with Crippen molar-refractivity contribution in [2.45, 2.75) is 24.2 Å². The van der Waals surface area contributed by atoms with Crippen LogP contribution in [0.5, 0.6) is 0 Å². The predicted molar refractivity (Wildman–Crippen MR) is 99.4 cm³/mol. The minimum absolute atomic E-state index is 0.215. The normalized spacial score (nSPS) is 16.3. The number of methoxy groups -OCH3 is 1. The van der Waals surface area contributed by atoms with Gasteiger partial charge >= 0.3 is 5.97 Å². The quantitative estimate of drug-likeness (QED) is 0.756. The third kappa shape index (κ3) is 4.14. The first-order valence-corrected chi connectivity index (χ1v) is 10.2. The number of hydrogen-bond acceptors (Lipinski definition) is 4. The van der Waals surface area contributed by atoms with E-state index in [4.69, 9.17) is 0 Å². The fourth-order valence-electron chi connectivity index (χ4n) is 3.33. The number of esters is 1. The van der Waals surface area contributed by atoms with Crippen LogP contribution in [-0.2, 0) is 21.2 Å². The summed E-state index contributed by atoms with van der Waals surface area (Å²) < 4.78 is 31.8. The summed E-state index contributed by atoms with van der Waals surface area (Å²) in [6, 6.07) is 16.2. The molecule has 2 aromatic rings. The molecule has 26 heavy (non-hydrogen) atoms. The molecule has 0 spiro atoms. The van der Waals surface area contributed by atoms with Crippen molar-refractivity contribution < 1.29 is 17.9 Å². The Labute approximate surface area is 154 Å². The Morgan fingerprint density at radius 3 is 2.23 bits per heavy atom. The van der Waals surface area contributed by atoms with Gasteiger partial charge in [0.05, 0.1) is 17.6 Å². The molecule has 138 valence electrons. The van der Waals surface area contributed by atoms with Crippen molar-refractivity contribution in [3.05, 3.63) is 65.7 Å². The second kappa shape index (κ2) is 8.01. The highest BCUT2D eigenvalue weighted by Crippen LogP contribution is 2.26. The number of rotatable bonds is 5. The highest BCUT2D eigenvalue weighted by atomic mass is 32.2. The molecule has 6 heteroatoms. The molecule has 0 bridgehead atoms. The maximum Gasteiger partial charge on any atom is 0.337 e. The van der Waals surface area contributed by atoms with Crippen LogP contribution < -0.4 is 0 Å². The van der Waals surface area contributed by atoms with E-state index in [1.807, 2.05) is 18.2 Å². The minimum Gasteiger partial charge on any atom is -0.465 e. The van der Waals surface area contributed by atoms with Crippen LogP contribution in [-0.4, -0.2) is 38.9 Å². The van der Waals surface area contributed by atoms with Gasteiger partial charge in [-0.1, -0.05) is 30.3 Å². The Kier molecular flexibility index (Phi) is 5.74. The molecule has 1 heterocycles. The molecule has 0 aliphatic carbocycles. The summed E-state index contributed by atoms with van der Waals surface area (Å²) in [6.07, 6.45) is 2.70. The molecular weight excluding hydrogens is 350 g/mol. The third-order valence-corrected chi connectivity index (χ3v) is 6.77. The SMILES string of the molecule is COC(=O)c1ccc(S(=O)(=O)N2CCC(Cc3ccccc3)CC2)cc1. The molecule has 0 unspecified atom stereocenters. The summed E-state index contributed by atoms with van der Waals surface area (Å²) in [5, 5.41) is 0. The molecule has 1 aliphatic rings. The zero-order valence-corrected chi connectivity index (χ0v) is 15.6. The summed E-state index contributed by atoms with van der Waals surface area (Å²) in [7, 11) is -2.23. The second-order valence-corrected chi connectivity index (χ2v) is 8.49. The number of ether oxygens (including phenoxy) is 1. The standard InChI is InChI=1S/C20H23NO4S/c1-25-20(22)18-7-9-19(10-8-18)26(23,24)21-13-11-17(12-14-21)15-16-5-3-2-4-6-16/h2-10,17H,11-15H2,1H3. The van der Waals surface area contributed by atoms with E-state index in [9.17, 15) is 13.2 Å². The van der Waals surface area contributed by atoms with E-state index in [2.05, 4.69) is 16.9 Å². The van der Waals surface area contributed by atoms with Gasteiger partial charge < -0.3 is 4.74 Å². The van der Waals surface area contributed by atoms with E-state index in [-0.39, 0.29) is 4.90 Å². The summed E-state index contributed by atoms with van der Waals surface area (Å²) in [5.74, 6) is 0.0289. The molecule has 0 saturated carbocycles. The molecule has 1 aliphatic heterocycles. The predicted octanol–water partition coefficient (Wildman–Crippen LogP) is 3.12. The third-order valence-electron chi connectivity index (χ3n) is 4.85. The second-order valence-electron chi connectivity index (χ2n) is 6.55. The van der Waals surface area contributed by atoms with Crippen LogP contribution in [0.4, 0.5) is 0 Å². The molecule has 0 N–H and O–H groups in total. The zero-order valence-electron chi connectivity index (χ0n) is 14.8. The number of sulfonamides is 1. The number of nitrogens with zero attached hydrogens (tertiary/aromatic N) is 1.